The van der Waals surface area contributed by atoms with E-state index in [1.165, 1.54) is 22.8 Å². The molecule has 7 nitrogen and oxygen atoms in total. The van der Waals surface area contributed by atoms with Crippen LogP contribution in [0.1, 0.15) is 5.01 Å². The third-order valence-corrected chi connectivity index (χ3v) is 8.76. The number of fused-ring (bicyclic) bond motifs is 2. The van der Waals surface area contributed by atoms with Crippen LogP contribution in [-0.2, 0) is 10.0 Å². The second-order valence-electron chi connectivity index (χ2n) is 6.93. The number of benzene rings is 2. The quantitative estimate of drug-likeness (QED) is 0.438. The Morgan fingerprint density at radius 3 is 2.65 bits per heavy atom. The van der Waals surface area contributed by atoms with Crippen molar-refractivity contribution in [2.45, 2.75) is 16.7 Å². The lowest BCUT2D eigenvalue weighted by Gasteiger charge is -2.30. The molecule has 0 radical (unpaired) electrons. The van der Waals surface area contributed by atoms with Crippen molar-refractivity contribution >= 4 is 49.0 Å². The highest BCUT2D eigenvalue weighted by Gasteiger charge is 2.30. The summed E-state index contributed by atoms with van der Waals surface area (Å²) in [6.45, 7) is 2.32. The number of hydrogen-bond donors (Lipinski definition) is 0. The van der Waals surface area contributed by atoms with E-state index in [0.717, 1.165) is 31.2 Å². The largest absolute Gasteiger partial charge is 0.467 e. The first-order valence-electron chi connectivity index (χ1n) is 9.49. The monoisotopic (exact) mass is 470 g/mol. The first-order valence-corrected chi connectivity index (χ1v) is 12.7. The number of methoxy groups -OCH3 is 1. The molecule has 1 aliphatic heterocycles. The van der Waals surface area contributed by atoms with E-state index in [-0.39, 0.29) is 10.9 Å². The molecule has 0 saturated heterocycles. The average Bonchev–Trinajstić information content (AvgIpc) is 3.17. The van der Waals surface area contributed by atoms with Gasteiger partial charge in [-0.3, -0.25) is 4.31 Å². The predicted octanol–water partition coefficient (Wildman–Crippen LogP) is 4.37. The molecule has 158 valence electrons. The zero-order chi connectivity index (χ0) is 21.6. The zero-order valence-electron chi connectivity index (χ0n) is 16.8. The molecule has 31 heavy (non-hydrogen) atoms. The van der Waals surface area contributed by atoms with Crippen LogP contribution in [0.5, 0.6) is 6.01 Å². The number of aryl methyl sites for hydroxylation is 1. The van der Waals surface area contributed by atoms with Gasteiger partial charge in [-0.25, -0.2) is 23.4 Å². The van der Waals surface area contributed by atoms with E-state index >= 15 is 0 Å². The number of ether oxygens (including phenoxy) is 1. The molecule has 0 bridgehead atoms. The molecular weight excluding hydrogens is 452 g/mol. The van der Waals surface area contributed by atoms with Crippen LogP contribution in [0.2, 0.25) is 0 Å². The summed E-state index contributed by atoms with van der Waals surface area (Å²) < 4.78 is 34.6. The normalized spacial score (nSPS) is 13.9. The average molecular weight is 471 g/mol. The highest BCUT2D eigenvalue weighted by atomic mass is 32.2. The van der Waals surface area contributed by atoms with Crippen molar-refractivity contribution in [3.63, 3.8) is 0 Å². The number of hydrogen-bond acceptors (Lipinski definition) is 8. The van der Waals surface area contributed by atoms with Gasteiger partial charge in [-0.2, -0.15) is 0 Å². The van der Waals surface area contributed by atoms with E-state index in [9.17, 15) is 8.42 Å². The fourth-order valence-electron chi connectivity index (χ4n) is 3.50. The van der Waals surface area contributed by atoms with Crippen LogP contribution in [-0.4, -0.2) is 42.8 Å². The smallest absolute Gasteiger partial charge is 0.316 e. The minimum absolute atomic E-state index is 0.277. The second-order valence-corrected chi connectivity index (χ2v) is 11.2. The minimum atomic E-state index is -3.72. The van der Waals surface area contributed by atoms with Crippen molar-refractivity contribution in [3.05, 3.63) is 53.8 Å². The first-order chi connectivity index (χ1) is 15.0. The molecule has 0 aliphatic carbocycles. The Bertz CT molecular complexity index is 1390. The molecule has 5 rings (SSSR count). The number of anilines is 1. The van der Waals surface area contributed by atoms with Crippen molar-refractivity contribution in [3.8, 4) is 17.1 Å². The summed E-state index contributed by atoms with van der Waals surface area (Å²) in [5.41, 5.74) is 3.12. The Morgan fingerprint density at radius 1 is 1.06 bits per heavy atom. The van der Waals surface area contributed by atoms with Gasteiger partial charge >= 0.3 is 6.01 Å². The minimum Gasteiger partial charge on any atom is -0.467 e. The fraction of sp³-hybridized carbons (Fsp3) is 0.190. The fourth-order valence-corrected chi connectivity index (χ4v) is 7.09. The van der Waals surface area contributed by atoms with E-state index in [1.54, 1.807) is 42.4 Å². The zero-order valence-corrected chi connectivity index (χ0v) is 19.2. The molecule has 1 aliphatic rings. The molecule has 0 spiro atoms. The molecule has 4 aromatic rings. The van der Waals surface area contributed by atoms with Crippen molar-refractivity contribution in [2.75, 3.05) is 23.7 Å². The van der Waals surface area contributed by atoms with Gasteiger partial charge in [-0.15, -0.1) is 23.1 Å². The van der Waals surface area contributed by atoms with Crippen LogP contribution in [0.25, 0.3) is 21.3 Å². The second kappa shape index (κ2) is 7.77. The molecule has 0 amide bonds. The topological polar surface area (TPSA) is 85.3 Å². The standard InChI is InChI=1S/C21H18N4O3S3/c1-13-24-17-5-4-16(10-20(17)30-13)31(26,27)25-7-8-29-19-6-3-14(9-18(19)25)15-11-22-21(28-2)23-12-15/h3-6,9-12H,7-8H2,1-2H3. The molecule has 10 heteroatoms. The van der Waals surface area contributed by atoms with E-state index in [2.05, 4.69) is 15.0 Å². The lowest BCUT2D eigenvalue weighted by molar-refractivity contribution is 0.380. The highest BCUT2D eigenvalue weighted by molar-refractivity contribution is 8.00. The number of thiazole rings is 1. The van der Waals surface area contributed by atoms with Crippen molar-refractivity contribution < 1.29 is 13.2 Å². The molecule has 2 aromatic carbocycles. The van der Waals surface area contributed by atoms with Gasteiger partial charge in [0.25, 0.3) is 10.0 Å². The maximum Gasteiger partial charge on any atom is 0.316 e. The Morgan fingerprint density at radius 2 is 1.87 bits per heavy atom. The Hall–Kier alpha value is -2.69. The number of nitrogens with zero attached hydrogens (tertiary/aromatic N) is 4. The molecule has 0 unspecified atom stereocenters. The maximum absolute atomic E-state index is 13.6. The summed E-state index contributed by atoms with van der Waals surface area (Å²) in [6, 6.07) is 11.2. The van der Waals surface area contributed by atoms with Crippen molar-refractivity contribution in [2.24, 2.45) is 0 Å². The van der Waals surface area contributed by atoms with Gasteiger partial charge in [0.2, 0.25) is 0 Å². The van der Waals surface area contributed by atoms with Crippen LogP contribution in [0.15, 0.2) is 58.6 Å². The van der Waals surface area contributed by atoms with Crippen molar-refractivity contribution in [1.29, 1.82) is 0 Å². The Labute approximate surface area is 188 Å². The van der Waals surface area contributed by atoms with Crippen LogP contribution in [0, 0.1) is 6.92 Å². The molecule has 2 aromatic heterocycles. The third kappa shape index (κ3) is 3.64. The van der Waals surface area contributed by atoms with Crippen LogP contribution >= 0.6 is 23.1 Å². The third-order valence-electron chi connectivity index (χ3n) is 4.98. The number of thioether (sulfide) groups is 1. The van der Waals surface area contributed by atoms with Crippen LogP contribution < -0.4 is 9.04 Å². The first kappa shape index (κ1) is 20.2. The van der Waals surface area contributed by atoms with Crippen molar-refractivity contribution in [1.82, 2.24) is 15.0 Å². The van der Waals surface area contributed by atoms with Gasteiger partial charge < -0.3 is 4.74 Å². The molecular formula is C21H18N4O3S3. The van der Waals surface area contributed by atoms with Gasteiger partial charge in [0.05, 0.1) is 32.9 Å². The molecule has 0 fully saturated rings. The SMILES string of the molecule is COc1ncc(-c2ccc3c(c2)N(S(=O)(=O)c2ccc4nc(C)sc4c2)CCS3)cn1. The van der Waals surface area contributed by atoms with Gasteiger partial charge in [-0.05, 0) is 42.8 Å². The van der Waals surface area contributed by atoms with Gasteiger partial charge in [0.15, 0.2) is 0 Å². The maximum atomic E-state index is 13.6. The lowest BCUT2D eigenvalue weighted by atomic mass is 10.1. The lowest BCUT2D eigenvalue weighted by Crippen LogP contribution is -2.35. The van der Waals surface area contributed by atoms with E-state index in [0.29, 0.717) is 18.0 Å². The summed E-state index contributed by atoms with van der Waals surface area (Å²) in [7, 11) is -2.21. The molecule has 0 saturated carbocycles. The molecule has 3 heterocycles. The summed E-state index contributed by atoms with van der Waals surface area (Å²) in [5.74, 6) is 0.694. The van der Waals surface area contributed by atoms with Gasteiger partial charge in [0.1, 0.15) is 0 Å². The van der Waals surface area contributed by atoms with Crippen LogP contribution in [0.3, 0.4) is 0 Å². The van der Waals surface area contributed by atoms with Gasteiger partial charge in [-0.1, -0.05) is 6.07 Å². The van der Waals surface area contributed by atoms with Crippen LogP contribution in [0.4, 0.5) is 5.69 Å². The highest BCUT2D eigenvalue weighted by Crippen LogP contribution is 2.40. The number of sulfonamides is 1. The Kier molecular flexibility index (Phi) is 5.07. The number of aromatic nitrogens is 3. The van der Waals surface area contributed by atoms with Gasteiger partial charge in [0, 0.05) is 35.2 Å². The molecule has 0 atom stereocenters. The number of rotatable bonds is 4. The summed E-state index contributed by atoms with van der Waals surface area (Å²) >= 11 is 3.15. The van der Waals surface area contributed by atoms with E-state index in [1.807, 2.05) is 25.1 Å². The van der Waals surface area contributed by atoms with E-state index in [4.69, 9.17) is 4.74 Å². The summed E-state index contributed by atoms with van der Waals surface area (Å²) in [4.78, 5) is 14.0. The summed E-state index contributed by atoms with van der Waals surface area (Å²) in [5, 5.41) is 0.913. The predicted molar refractivity (Wildman–Crippen MR) is 124 cm³/mol. The summed E-state index contributed by atoms with van der Waals surface area (Å²) in [6.07, 6.45) is 3.34. The van der Waals surface area contributed by atoms with E-state index < -0.39 is 10.0 Å². The molecule has 0 N–H and O–H groups in total. The Balaban J connectivity index is 1.57.